The zero-order chi connectivity index (χ0) is 40.2. The molecule has 8 heterocycles. The second-order valence-electron chi connectivity index (χ2n) is 15.0. The molecule has 2 aliphatic heterocycles. The molecule has 292 valence electrons. The van der Waals surface area contributed by atoms with Crippen LogP contribution >= 0.6 is 27.5 Å². The molecule has 0 aliphatic carbocycles. The Morgan fingerprint density at radius 2 is 1.10 bits per heavy atom. The number of hydrogen-bond donors (Lipinski definition) is 0. The summed E-state index contributed by atoms with van der Waals surface area (Å²) in [6, 6.07) is 24.2. The minimum Gasteiger partial charge on any atom is -0.330 e. The van der Waals surface area contributed by atoms with Crippen molar-refractivity contribution in [3.05, 3.63) is 153 Å². The van der Waals surface area contributed by atoms with Crippen molar-refractivity contribution in [2.75, 3.05) is 13.1 Å². The Morgan fingerprint density at radius 3 is 1.59 bits per heavy atom. The summed E-state index contributed by atoms with van der Waals surface area (Å²) >= 11 is 9.48. The van der Waals surface area contributed by atoms with E-state index in [9.17, 15) is 9.59 Å². The molecule has 8 aromatic rings. The Bertz CT molecular complexity index is 2680. The second-order valence-corrected chi connectivity index (χ2v) is 16.3. The Balaban J connectivity index is 0.000000150. The number of carbonyl (C=O) groups excluding carboxylic acids is 2. The first kappa shape index (κ1) is 37.5. The molecule has 0 fully saturated rings. The smallest absolute Gasteiger partial charge is 0.274 e. The molecule has 58 heavy (non-hydrogen) atoms. The summed E-state index contributed by atoms with van der Waals surface area (Å²) in [5, 5.41) is 18.0. The van der Waals surface area contributed by atoms with Crippen LogP contribution in [0.1, 0.15) is 69.2 Å². The molecule has 0 bridgehead atoms. The topological polar surface area (TPSA) is 111 Å². The van der Waals surface area contributed by atoms with E-state index in [1.54, 1.807) is 26.0 Å². The van der Waals surface area contributed by atoms with Gasteiger partial charge in [-0.05, 0) is 112 Å². The third-order valence-corrected chi connectivity index (χ3v) is 11.9. The molecule has 0 saturated heterocycles. The van der Waals surface area contributed by atoms with Gasteiger partial charge in [-0.15, -0.1) is 0 Å². The number of aromatic nitrogens is 8. The Morgan fingerprint density at radius 1 is 0.621 bits per heavy atom. The maximum atomic E-state index is 13.2. The van der Waals surface area contributed by atoms with E-state index in [2.05, 4.69) is 86.6 Å². The minimum absolute atomic E-state index is 0.00532. The molecular formula is C44H40BrClN10O2. The summed E-state index contributed by atoms with van der Waals surface area (Å²) in [6.45, 7) is 5.51. The molecule has 0 radical (unpaired) electrons. The molecule has 12 nitrogen and oxygen atoms in total. The Hall–Kier alpha value is -6.05. The molecule has 0 spiro atoms. The van der Waals surface area contributed by atoms with E-state index < -0.39 is 0 Å². The van der Waals surface area contributed by atoms with E-state index in [1.807, 2.05) is 89.9 Å². The van der Waals surface area contributed by atoms with Crippen molar-refractivity contribution in [3.8, 4) is 22.3 Å². The molecule has 0 saturated carbocycles. The van der Waals surface area contributed by atoms with Gasteiger partial charge < -0.3 is 9.80 Å². The molecular weight excluding hydrogens is 816 g/mol. The van der Waals surface area contributed by atoms with Gasteiger partial charge in [0.25, 0.3) is 11.8 Å². The first-order chi connectivity index (χ1) is 28.0. The lowest BCUT2D eigenvalue weighted by Crippen LogP contribution is -2.39. The van der Waals surface area contributed by atoms with Crippen LogP contribution in [0.5, 0.6) is 0 Å². The van der Waals surface area contributed by atoms with E-state index in [0.29, 0.717) is 29.5 Å². The zero-order valence-corrected chi connectivity index (χ0v) is 34.8. The fourth-order valence-electron chi connectivity index (χ4n) is 8.15. The first-order valence-electron chi connectivity index (χ1n) is 19.1. The number of rotatable bonds is 4. The number of benzene rings is 2. The van der Waals surface area contributed by atoms with Crippen molar-refractivity contribution < 1.29 is 9.59 Å². The fraction of sp³-hybridized carbons (Fsp3) is 0.227. The number of nitrogens with zero attached hydrogens (tertiary/aromatic N) is 10. The van der Waals surface area contributed by atoms with Crippen LogP contribution in [-0.2, 0) is 26.9 Å². The second kappa shape index (κ2) is 15.0. The van der Waals surface area contributed by atoms with E-state index >= 15 is 0 Å². The van der Waals surface area contributed by atoms with Crippen molar-refractivity contribution in [2.45, 2.75) is 38.8 Å². The largest absolute Gasteiger partial charge is 0.330 e. The molecule has 14 heteroatoms. The summed E-state index contributed by atoms with van der Waals surface area (Å²) in [5.74, 6) is -0.0846. The summed E-state index contributed by atoms with van der Waals surface area (Å²) in [5.41, 5.74) is 12.2. The van der Waals surface area contributed by atoms with E-state index in [4.69, 9.17) is 11.6 Å². The predicted molar refractivity (Wildman–Crippen MR) is 227 cm³/mol. The quantitative estimate of drug-likeness (QED) is 0.176. The van der Waals surface area contributed by atoms with Crippen molar-refractivity contribution >= 4 is 50.4 Å². The van der Waals surface area contributed by atoms with Crippen molar-refractivity contribution in [2.24, 2.45) is 14.1 Å². The average Bonchev–Trinajstić information content (AvgIpc) is 4.04. The lowest BCUT2D eigenvalue weighted by atomic mass is 9.90. The predicted octanol–water partition coefficient (Wildman–Crippen LogP) is 8.40. The van der Waals surface area contributed by atoms with Crippen LogP contribution in [0.4, 0.5) is 0 Å². The van der Waals surface area contributed by atoms with Crippen LogP contribution in [0.3, 0.4) is 0 Å². The summed E-state index contributed by atoms with van der Waals surface area (Å²) < 4.78 is 7.93. The van der Waals surface area contributed by atoms with Crippen molar-refractivity contribution in [3.63, 3.8) is 0 Å². The van der Waals surface area contributed by atoms with Crippen LogP contribution in [0, 0.1) is 0 Å². The number of aryl methyl sites for hydroxylation is 2. The number of halogens is 2. The van der Waals surface area contributed by atoms with Crippen LogP contribution in [0.2, 0.25) is 5.02 Å². The molecule has 2 aromatic carbocycles. The normalized spacial score (nSPS) is 16.2. The van der Waals surface area contributed by atoms with Gasteiger partial charge in [-0.2, -0.15) is 20.4 Å². The van der Waals surface area contributed by atoms with Gasteiger partial charge in [0.05, 0.1) is 40.5 Å². The van der Waals surface area contributed by atoms with Crippen LogP contribution in [0.15, 0.2) is 114 Å². The number of hydrogen-bond acceptors (Lipinski definition) is 6. The summed E-state index contributed by atoms with van der Waals surface area (Å²) in [7, 11) is 3.84. The Labute approximate surface area is 348 Å². The number of fused-ring (bicyclic) bond motifs is 4. The maximum Gasteiger partial charge on any atom is 0.274 e. The van der Waals surface area contributed by atoms with Crippen LogP contribution < -0.4 is 0 Å². The summed E-state index contributed by atoms with van der Waals surface area (Å²) in [4.78, 5) is 30.2. The minimum atomic E-state index is -0.0562. The van der Waals surface area contributed by atoms with Crippen molar-refractivity contribution in [1.29, 1.82) is 0 Å². The first-order valence-corrected chi connectivity index (χ1v) is 20.3. The molecule has 2 atom stereocenters. The van der Waals surface area contributed by atoms with Crippen LogP contribution in [0.25, 0.3) is 33.3 Å². The standard InChI is InChI=1S/C22H20BrN5O.C22H20ClN5O/c2*1-14-20-6-3-15(17-11-24-26(2)12-17)9-16(20)7-8-27(14)22(29)21-10-19-5-4-18(23)13-28(19)25-21/h2*3-6,9-14H,7-8H2,1-2H3. The monoisotopic (exact) mass is 854 g/mol. The third-order valence-electron chi connectivity index (χ3n) is 11.2. The molecule has 2 aliphatic rings. The van der Waals surface area contributed by atoms with E-state index in [-0.39, 0.29) is 23.9 Å². The molecule has 10 rings (SSSR count). The molecule has 2 amide bonds. The van der Waals surface area contributed by atoms with Gasteiger partial charge in [0.1, 0.15) is 0 Å². The third kappa shape index (κ3) is 7.09. The SMILES string of the molecule is CC1c2ccc(-c3cnn(C)c3)cc2CCN1C(=O)c1cc2ccc(Br)cn2n1.CC1c2ccc(-c3cnn(C)c3)cc2CCN1C(=O)c1cc2ccc(Cl)cn2n1. The molecule has 6 aromatic heterocycles. The number of carbonyl (C=O) groups is 2. The Kier molecular flexibility index (Phi) is 9.73. The maximum absolute atomic E-state index is 13.2. The highest BCUT2D eigenvalue weighted by Crippen LogP contribution is 2.35. The van der Waals surface area contributed by atoms with Crippen molar-refractivity contribution in [1.82, 2.24) is 48.6 Å². The lowest BCUT2D eigenvalue weighted by molar-refractivity contribution is 0.0663. The van der Waals surface area contributed by atoms with Gasteiger partial charge in [0.2, 0.25) is 0 Å². The number of pyridine rings is 2. The molecule has 2 unspecified atom stereocenters. The van der Waals surface area contributed by atoms with Gasteiger partial charge in [-0.3, -0.25) is 19.0 Å². The zero-order valence-electron chi connectivity index (χ0n) is 32.4. The average molecular weight is 856 g/mol. The molecule has 0 N–H and O–H groups in total. The van der Waals surface area contributed by atoms with Gasteiger partial charge in [-0.25, -0.2) is 9.03 Å². The fourth-order valence-corrected chi connectivity index (χ4v) is 8.63. The highest BCUT2D eigenvalue weighted by Gasteiger charge is 2.31. The van der Waals surface area contributed by atoms with Gasteiger partial charge >= 0.3 is 0 Å². The van der Waals surface area contributed by atoms with Gasteiger partial charge in [0, 0.05) is 67.6 Å². The highest BCUT2D eigenvalue weighted by molar-refractivity contribution is 9.10. The van der Waals surface area contributed by atoms with E-state index in [0.717, 1.165) is 50.6 Å². The van der Waals surface area contributed by atoms with Gasteiger partial charge in [0.15, 0.2) is 11.4 Å². The lowest BCUT2D eigenvalue weighted by Gasteiger charge is -2.35. The summed E-state index contributed by atoms with van der Waals surface area (Å²) in [6.07, 6.45) is 13.0. The number of amides is 2. The van der Waals surface area contributed by atoms with E-state index in [1.165, 1.54) is 22.3 Å². The van der Waals surface area contributed by atoms with Gasteiger partial charge in [-0.1, -0.05) is 48.0 Å². The van der Waals surface area contributed by atoms with Crippen LogP contribution in [-0.4, -0.2) is 73.5 Å². The highest BCUT2D eigenvalue weighted by atomic mass is 79.9.